The summed E-state index contributed by atoms with van der Waals surface area (Å²) < 4.78 is 0. The van der Waals surface area contributed by atoms with Crippen LogP contribution in [-0.4, -0.2) is 6.54 Å². The zero-order chi connectivity index (χ0) is 10.9. The van der Waals surface area contributed by atoms with E-state index in [-0.39, 0.29) is 0 Å². The van der Waals surface area contributed by atoms with Crippen LogP contribution in [0.1, 0.15) is 32.6 Å². The molecule has 1 heteroatoms. The van der Waals surface area contributed by atoms with E-state index < -0.39 is 0 Å². The lowest BCUT2D eigenvalue weighted by Gasteiger charge is -2.24. The fourth-order valence-corrected chi connectivity index (χ4v) is 1.95. The van der Waals surface area contributed by atoms with Crippen molar-refractivity contribution in [3.8, 4) is 0 Å². The smallest absolute Gasteiger partial charge is 0.00489 e. The molecule has 1 aromatic rings. The third-order valence-electron chi connectivity index (χ3n) is 3.14. The maximum absolute atomic E-state index is 5.55. The van der Waals surface area contributed by atoms with Crippen molar-refractivity contribution in [1.29, 1.82) is 0 Å². The average molecular weight is 205 g/mol. The molecule has 0 aromatic heterocycles. The molecule has 15 heavy (non-hydrogen) atoms. The molecule has 1 aliphatic rings. The zero-order valence-electron chi connectivity index (χ0n) is 9.73. The normalized spacial score (nSPS) is 25.2. The van der Waals surface area contributed by atoms with Gasteiger partial charge in [-0.05, 0) is 31.2 Å². The largest absolute Gasteiger partial charge is 0.330 e. The van der Waals surface area contributed by atoms with Crippen LogP contribution in [-0.2, 0) is 0 Å². The minimum Gasteiger partial charge on any atom is -0.330 e. The summed E-state index contributed by atoms with van der Waals surface area (Å²) in [6.07, 6.45) is 5.55. The van der Waals surface area contributed by atoms with E-state index >= 15 is 0 Å². The van der Waals surface area contributed by atoms with Crippen molar-refractivity contribution in [2.24, 2.45) is 17.6 Å². The van der Waals surface area contributed by atoms with Crippen molar-refractivity contribution in [1.82, 2.24) is 0 Å². The first-order valence-electron chi connectivity index (χ1n) is 6.03. The quantitative estimate of drug-likeness (QED) is 0.746. The first-order valence-corrected chi connectivity index (χ1v) is 6.03. The van der Waals surface area contributed by atoms with Gasteiger partial charge in [0.15, 0.2) is 0 Å². The molecule has 0 bridgehead atoms. The number of hydrogen-bond donors (Lipinski definition) is 1. The number of nitrogens with two attached hydrogens (primary N) is 1. The van der Waals surface area contributed by atoms with Crippen LogP contribution in [0.15, 0.2) is 36.4 Å². The van der Waals surface area contributed by atoms with Gasteiger partial charge in [0.2, 0.25) is 0 Å². The van der Waals surface area contributed by atoms with Crippen LogP contribution in [0.2, 0.25) is 0 Å². The second kappa shape index (κ2) is 7.47. The van der Waals surface area contributed by atoms with Crippen molar-refractivity contribution in [3.05, 3.63) is 36.4 Å². The fourth-order valence-electron chi connectivity index (χ4n) is 1.95. The van der Waals surface area contributed by atoms with Gasteiger partial charge in [-0.3, -0.25) is 0 Å². The Balaban J connectivity index is 0.000000162. The van der Waals surface area contributed by atoms with Gasteiger partial charge in [0.25, 0.3) is 0 Å². The van der Waals surface area contributed by atoms with Crippen molar-refractivity contribution >= 4 is 0 Å². The lowest BCUT2D eigenvalue weighted by Crippen LogP contribution is -2.20. The van der Waals surface area contributed by atoms with E-state index in [1.54, 1.807) is 0 Å². The minimum atomic E-state index is 0.848. The molecule has 1 aromatic carbocycles. The van der Waals surface area contributed by atoms with E-state index in [4.69, 9.17) is 5.73 Å². The zero-order valence-corrected chi connectivity index (χ0v) is 9.73. The van der Waals surface area contributed by atoms with Crippen LogP contribution in [0, 0.1) is 11.8 Å². The Bertz CT molecular complexity index is 198. The molecule has 1 fully saturated rings. The van der Waals surface area contributed by atoms with Crippen molar-refractivity contribution in [2.45, 2.75) is 32.6 Å². The van der Waals surface area contributed by atoms with E-state index in [0.717, 1.165) is 18.4 Å². The minimum absolute atomic E-state index is 0.848. The fraction of sp³-hybridized carbons (Fsp3) is 0.571. The van der Waals surface area contributed by atoms with Crippen molar-refractivity contribution in [2.75, 3.05) is 6.54 Å². The first kappa shape index (κ1) is 12.3. The highest BCUT2D eigenvalue weighted by molar-refractivity contribution is 4.99. The molecule has 2 rings (SSSR count). The molecule has 1 aliphatic carbocycles. The molecule has 0 radical (unpaired) electrons. The van der Waals surface area contributed by atoms with Crippen LogP contribution in [0.4, 0.5) is 0 Å². The molecule has 0 spiro atoms. The van der Waals surface area contributed by atoms with Crippen molar-refractivity contribution in [3.63, 3.8) is 0 Å². The van der Waals surface area contributed by atoms with Gasteiger partial charge < -0.3 is 5.73 Å². The number of rotatable bonds is 1. The van der Waals surface area contributed by atoms with E-state index in [2.05, 4.69) is 6.92 Å². The molecule has 1 saturated carbocycles. The Hall–Kier alpha value is -0.820. The van der Waals surface area contributed by atoms with Gasteiger partial charge in [-0.1, -0.05) is 56.2 Å². The summed E-state index contributed by atoms with van der Waals surface area (Å²) in [4.78, 5) is 0. The third-order valence-corrected chi connectivity index (χ3v) is 3.14. The SMILES string of the molecule is CC1CCC(CN)CC1.c1ccccc1. The first-order chi connectivity index (χ1) is 7.33. The topological polar surface area (TPSA) is 26.0 Å². The van der Waals surface area contributed by atoms with Gasteiger partial charge >= 0.3 is 0 Å². The van der Waals surface area contributed by atoms with Crippen LogP contribution >= 0.6 is 0 Å². The summed E-state index contributed by atoms with van der Waals surface area (Å²) in [6, 6.07) is 12.0. The molecule has 0 saturated heterocycles. The monoisotopic (exact) mass is 205 g/mol. The lowest BCUT2D eigenvalue weighted by atomic mass is 9.83. The van der Waals surface area contributed by atoms with E-state index in [1.807, 2.05) is 36.4 Å². The van der Waals surface area contributed by atoms with Crippen molar-refractivity contribution < 1.29 is 0 Å². The molecule has 2 N–H and O–H groups in total. The summed E-state index contributed by atoms with van der Waals surface area (Å²) >= 11 is 0. The summed E-state index contributed by atoms with van der Waals surface area (Å²) in [5.41, 5.74) is 5.55. The molecule has 0 aliphatic heterocycles. The Labute approximate surface area is 93.7 Å². The maximum atomic E-state index is 5.55. The second-order valence-corrected chi connectivity index (χ2v) is 4.52. The Morgan fingerprint density at radius 3 is 1.60 bits per heavy atom. The Morgan fingerprint density at radius 1 is 0.867 bits per heavy atom. The highest BCUT2D eigenvalue weighted by Gasteiger charge is 2.15. The Morgan fingerprint density at radius 2 is 1.27 bits per heavy atom. The Kier molecular flexibility index (Phi) is 6.10. The average Bonchev–Trinajstić information content (AvgIpc) is 2.33. The van der Waals surface area contributed by atoms with E-state index in [1.165, 1.54) is 25.7 Å². The predicted octanol–water partition coefficient (Wildman–Crippen LogP) is 3.46. The highest BCUT2D eigenvalue weighted by atomic mass is 14.5. The summed E-state index contributed by atoms with van der Waals surface area (Å²) in [7, 11) is 0. The highest BCUT2D eigenvalue weighted by Crippen LogP contribution is 2.26. The third kappa shape index (κ3) is 5.58. The van der Waals surface area contributed by atoms with E-state index in [9.17, 15) is 0 Å². The molecular formula is C14H23N. The van der Waals surface area contributed by atoms with Gasteiger partial charge in [-0.2, -0.15) is 0 Å². The summed E-state index contributed by atoms with van der Waals surface area (Å²) in [6.45, 7) is 3.25. The molecule has 0 amide bonds. The molecule has 84 valence electrons. The van der Waals surface area contributed by atoms with Gasteiger partial charge in [0.1, 0.15) is 0 Å². The van der Waals surface area contributed by atoms with Gasteiger partial charge in [-0.25, -0.2) is 0 Å². The molecule has 0 heterocycles. The maximum Gasteiger partial charge on any atom is -0.00489 e. The van der Waals surface area contributed by atoms with Gasteiger partial charge in [0.05, 0.1) is 0 Å². The lowest BCUT2D eigenvalue weighted by molar-refractivity contribution is 0.296. The predicted molar refractivity (Wildman–Crippen MR) is 66.6 cm³/mol. The van der Waals surface area contributed by atoms with Crippen LogP contribution in [0.5, 0.6) is 0 Å². The van der Waals surface area contributed by atoms with Gasteiger partial charge in [0, 0.05) is 0 Å². The molecule has 0 unspecified atom stereocenters. The second-order valence-electron chi connectivity index (χ2n) is 4.52. The van der Waals surface area contributed by atoms with Gasteiger partial charge in [-0.15, -0.1) is 0 Å². The summed E-state index contributed by atoms with van der Waals surface area (Å²) in [5.74, 6) is 1.81. The molecular weight excluding hydrogens is 182 g/mol. The summed E-state index contributed by atoms with van der Waals surface area (Å²) in [5, 5.41) is 0. The van der Waals surface area contributed by atoms with Crippen LogP contribution in [0.3, 0.4) is 0 Å². The van der Waals surface area contributed by atoms with E-state index in [0.29, 0.717) is 0 Å². The number of hydrogen-bond acceptors (Lipinski definition) is 1. The molecule has 1 nitrogen and oxygen atoms in total. The van der Waals surface area contributed by atoms with Crippen LogP contribution in [0.25, 0.3) is 0 Å². The van der Waals surface area contributed by atoms with Crippen LogP contribution < -0.4 is 5.73 Å². The standard InChI is InChI=1S/C8H17N.C6H6/c1-7-2-4-8(6-9)5-3-7;1-2-4-6-5-3-1/h7-8H,2-6,9H2,1H3;1-6H. The number of benzene rings is 1. The molecule has 0 atom stereocenters.